The van der Waals surface area contributed by atoms with Gasteiger partial charge >= 0.3 is 0 Å². The fourth-order valence-electron chi connectivity index (χ4n) is 4.00. The maximum Gasteiger partial charge on any atom is 0.149 e. The van der Waals surface area contributed by atoms with E-state index in [-0.39, 0.29) is 11.6 Å². The summed E-state index contributed by atoms with van der Waals surface area (Å²) < 4.78 is 15.0. The number of rotatable bonds is 8. The number of likely N-dealkylation sites (tertiary alicyclic amines) is 1. The topological polar surface area (TPSA) is 81.5 Å². The average Bonchev–Trinajstić information content (AvgIpc) is 2.68. The Morgan fingerprint density at radius 3 is 2.58 bits per heavy atom. The Bertz CT molecular complexity index is 880. The summed E-state index contributed by atoms with van der Waals surface area (Å²) in [5.74, 6) is -0.121. The Morgan fingerprint density at radius 1 is 1.26 bits per heavy atom. The van der Waals surface area contributed by atoms with E-state index in [1.807, 2.05) is 13.8 Å². The van der Waals surface area contributed by atoms with Gasteiger partial charge in [0, 0.05) is 36.7 Å². The molecule has 3 rings (SSSR count). The molecule has 3 heterocycles. The zero-order valence-corrected chi connectivity index (χ0v) is 19.2. The van der Waals surface area contributed by atoms with E-state index < -0.39 is 17.5 Å². The first kappa shape index (κ1) is 23.9. The van der Waals surface area contributed by atoms with Crippen molar-refractivity contribution in [1.82, 2.24) is 14.9 Å². The molecule has 8 heteroatoms. The lowest BCUT2D eigenvalue weighted by atomic mass is 9.83. The molecule has 31 heavy (non-hydrogen) atoms. The zero-order chi connectivity index (χ0) is 22.6. The van der Waals surface area contributed by atoms with Crippen LogP contribution in [0.15, 0.2) is 24.5 Å². The lowest BCUT2D eigenvalue weighted by molar-refractivity contribution is -0.0136. The van der Waals surface area contributed by atoms with E-state index >= 15 is 0 Å². The minimum absolute atomic E-state index is 0.216. The number of piperidine rings is 1. The standard InChI is InChI=1S/C23H32ClFN4O2/c1-15(30)4-7-26-20-11-21(24)27-13-18(20)22-19(25)10-16(12-28-22)14-29-8-5-17(6-9-29)23(2,3)31/h10-13,15,17,30-31H,4-9,14H2,1-3H3,(H,26,27)/t15-/m1/s1. The lowest BCUT2D eigenvalue weighted by Crippen LogP contribution is -2.41. The van der Waals surface area contributed by atoms with Crippen molar-refractivity contribution in [1.29, 1.82) is 0 Å². The summed E-state index contributed by atoms with van der Waals surface area (Å²) in [4.78, 5) is 10.7. The van der Waals surface area contributed by atoms with Crippen molar-refractivity contribution < 1.29 is 14.6 Å². The molecule has 0 unspecified atom stereocenters. The van der Waals surface area contributed by atoms with Crippen LogP contribution in [0.1, 0.15) is 45.6 Å². The molecule has 0 bridgehead atoms. The molecule has 1 aliphatic rings. The molecule has 2 aromatic rings. The molecule has 1 fully saturated rings. The molecule has 1 aliphatic heterocycles. The molecule has 170 valence electrons. The maximum absolute atomic E-state index is 15.0. The summed E-state index contributed by atoms with van der Waals surface area (Å²) in [5, 5.41) is 23.2. The monoisotopic (exact) mass is 450 g/mol. The number of hydrogen-bond acceptors (Lipinski definition) is 6. The third kappa shape index (κ3) is 6.59. The number of nitrogens with one attached hydrogen (secondary N) is 1. The van der Waals surface area contributed by atoms with Gasteiger partial charge in [-0.3, -0.25) is 9.88 Å². The molecule has 0 saturated carbocycles. The van der Waals surface area contributed by atoms with E-state index in [2.05, 4.69) is 20.2 Å². The van der Waals surface area contributed by atoms with Crippen LogP contribution >= 0.6 is 11.6 Å². The lowest BCUT2D eigenvalue weighted by Gasteiger charge is -2.37. The summed E-state index contributed by atoms with van der Waals surface area (Å²) in [6.07, 6.45) is 5.19. The van der Waals surface area contributed by atoms with Crippen molar-refractivity contribution in [3.8, 4) is 11.3 Å². The van der Waals surface area contributed by atoms with E-state index in [9.17, 15) is 14.6 Å². The Morgan fingerprint density at radius 2 is 1.97 bits per heavy atom. The van der Waals surface area contributed by atoms with E-state index in [1.54, 1.807) is 19.2 Å². The highest BCUT2D eigenvalue weighted by molar-refractivity contribution is 6.29. The van der Waals surface area contributed by atoms with Gasteiger partial charge in [-0.2, -0.15) is 0 Å². The molecule has 1 saturated heterocycles. The Kier molecular flexibility index (Phi) is 7.86. The first-order valence-corrected chi connectivity index (χ1v) is 11.2. The van der Waals surface area contributed by atoms with Crippen molar-refractivity contribution >= 4 is 17.3 Å². The first-order chi connectivity index (χ1) is 14.6. The molecule has 0 aliphatic carbocycles. The Labute approximate surface area is 188 Å². The highest BCUT2D eigenvalue weighted by Crippen LogP contribution is 2.31. The highest BCUT2D eigenvalue weighted by Gasteiger charge is 2.30. The second kappa shape index (κ2) is 10.2. The summed E-state index contributed by atoms with van der Waals surface area (Å²) in [7, 11) is 0. The predicted molar refractivity (Wildman–Crippen MR) is 122 cm³/mol. The molecule has 6 nitrogen and oxygen atoms in total. The van der Waals surface area contributed by atoms with E-state index in [0.717, 1.165) is 31.5 Å². The van der Waals surface area contributed by atoms with Crippen LogP contribution in [0.4, 0.5) is 10.1 Å². The number of pyridine rings is 2. The quantitative estimate of drug-likeness (QED) is 0.525. The van der Waals surface area contributed by atoms with Crippen molar-refractivity contribution in [2.75, 3.05) is 25.0 Å². The first-order valence-electron chi connectivity index (χ1n) is 10.8. The van der Waals surface area contributed by atoms with Gasteiger partial charge < -0.3 is 15.5 Å². The van der Waals surface area contributed by atoms with Gasteiger partial charge in [-0.15, -0.1) is 0 Å². The minimum Gasteiger partial charge on any atom is -0.393 e. The van der Waals surface area contributed by atoms with Crippen LogP contribution in [0.25, 0.3) is 11.3 Å². The zero-order valence-electron chi connectivity index (χ0n) is 18.4. The Balaban J connectivity index is 1.70. The summed E-state index contributed by atoms with van der Waals surface area (Å²) >= 11 is 6.02. The molecule has 3 N–H and O–H groups in total. The third-order valence-corrected chi connectivity index (χ3v) is 6.10. The van der Waals surface area contributed by atoms with Gasteiger partial charge in [0.25, 0.3) is 0 Å². The van der Waals surface area contributed by atoms with Gasteiger partial charge in [0.2, 0.25) is 0 Å². The molecule has 0 spiro atoms. The van der Waals surface area contributed by atoms with Crippen LogP contribution in [0.3, 0.4) is 0 Å². The second-order valence-electron chi connectivity index (χ2n) is 9.00. The summed E-state index contributed by atoms with van der Waals surface area (Å²) in [5.41, 5.74) is 1.54. The molecular formula is C23H32ClFN4O2. The third-order valence-electron chi connectivity index (χ3n) is 5.89. The van der Waals surface area contributed by atoms with Gasteiger partial charge in [-0.1, -0.05) is 11.6 Å². The summed E-state index contributed by atoms with van der Waals surface area (Å²) in [6, 6.07) is 3.17. The van der Waals surface area contributed by atoms with Crippen LogP contribution in [-0.2, 0) is 6.54 Å². The number of aromatic nitrogens is 2. The van der Waals surface area contributed by atoms with E-state index in [1.165, 1.54) is 12.3 Å². The van der Waals surface area contributed by atoms with Gasteiger partial charge in [0.1, 0.15) is 16.7 Å². The van der Waals surface area contributed by atoms with Crippen LogP contribution in [0.2, 0.25) is 5.15 Å². The van der Waals surface area contributed by atoms with E-state index in [0.29, 0.717) is 35.9 Å². The average molecular weight is 451 g/mol. The number of aliphatic hydroxyl groups is 2. The Hall–Kier alpha value is -1.80. The maximum atomic E-state index is 15.0. The van der Waals surface area contributed by atoms with Gasteiger partial charge in [-0.25, -0.2) is 9.37 Å². The fourth-order valence-corrected chi connectivity index (χ4v) is 4.16. The fraction of sp³-hybridized carbons (Fsp3) is 0.565. The highest BCUT2D eigenvalue weighted by atomic mass is 35.5. The second-order valence-corrected chi connectivity index (χ2v) is 9.38. The van der Waals surface area contributed by atoms with Crippen molar-refractivity contribution in [3.05, 3.63) is 41.1 Å². The number of aliphatic hydroxyl groups excluding tert-OH is 1. The number of nitrogens with zero attached hydrogens (tertiary/aromatic N) is 3. The van der Waals surface area contributed by atoms with Gasteiger partial charge in [0.05, 0.1) is 11.7 Å². The van der Waals surface area contributed by atoms with Crippen molar-refractivity contribution in [2.45, 2.75) is 58.3 Å². The number of halogens is 2. The van der Waals surface area contributed by atoms with Crippen LogP contribution in [-0.4, -0.2) is 56.4 Å². The minimum atomic E-state index is -0.658. The van der Waals surface area contributed by atoms with Gasteiger partial charge in [0.15, 0.2) is 0 Å². The van der Waals surface area contributed by atoms with Crippen LogP contribution in [0, 0.1) is 11.7 Å². The molecule has 0 aromatic carbocycles. The van der Waals surface area contributed by atoms with Crippen molar-refractivity contribution in [2.24, 2.45) is 5.92 Å². The number of anilines is 1. The molecular weight excluding hydrogens is 419 g/mol. The largest absolute Gasteiger partial charge is 0.393 e. The summed E-state index contributed by atoms with van der Waals surface area (Å²) in [6.45, 7) is 8.34. The molecule has 0 amide bonds. The SMILES string of the molecule is C[C@@H](O)CCNc1cc(Cl)ncc1-c1ncc(CN2CCC(C(C)(C)O)CC2)cc1F. The predicted octanol–water partition coefficient (Wildman–Crippen LogP) is 4.10. The molecule has 0 radical (unpaired) electrons. The van der Waals surface area contributed by atoms with E-state index in [4.69, 9.17) is 11.6 Å². The normalized spacial score (nSPS) is 17.0. The smallest absolute Gasteiger partial charge is 0.149 e. The van der Waals surface area contributed by atoms with Crippen LogP contribution < -0.4 is 5.32 Å². The molecule has 1 atom stereocenters. The number of hydrogen-bond donors (Lipinski definition) is 3. The van der Waals surface area contributed by atoms with Crippen molar-refractivity contribution in [3.63, 3.8) is 0 Å². The van der Waals surface area contributed by atoms with Gasteiger partial charge in [-0.05, 0) is 76.7 Å². The molecule has 2 aromatic heterocycles. The van der Waals surface area contributed by atoms with Crippen LogP contribution in [0.5, 0.6) is 0 Å².